The molecule has 1 amide bonds. The molecule has 0 radical (unpaired) electrons. The molecule has 12 heteroatoms. The molecule has 1 aliphatic rings. The molecule has 3 heterocycles. The predicted molar refractivity (Wildman–Crippen MR) is 180 cm³/mol. The monoisotopic (exact) mass is 778 g/mol. The minimum Gasteiger partial charge on any atom is -0.444 e. The van der Waals surface area contributed by atoms with Gasteiger partial charge in [0, 0.05) is 28.1 Å². The van der Waals surface area contributed by atoms with Crippen LogP contribution in [-0.4, -0.2) is 65.1 Å². The van der Waals surface area contributed by atoms with Crippen LogP contribution in [0.15, 0.2) is 21.8 Å². The Kier molecular flexibility index (Phi) is 9.80. The molecule has 0 bridgehead atoms. The van der Waals surface area contributed by atoms with Crippen LogP contribution in [0.1, 0.15) is 66.8 Å². The smallest absolute Gasteiger partial charge is 0.410 e. The number of benzene rings is 1. The number of carbonyl (C=O) groups excluding carboxylic acids is 1. The van der Waals surface area contributed by atoms with Gasteiger partial charge in [-0.1, -0.05) is 20.8 Å². The third-order valence-electron chi connectivity index (χ3n) is 8.21. The number of nitrogens with zero attached hydrogens (tertiary/aromatic N) is 4. The van der Waals surface area contributed by atoms with Crippen molar-refractivity contribution >= 4 is 86.5 Å². The Morgan fingerprint density at radius 3 is 2.54 bits per heavy atom. The summed E-state index contributed by atoms with van der Waals surface area (Å²) in [5.74, 6) is -0.364. The van der Waals surface area contributed by atoms with Gasteiger partial charge in [-0.3, -0.25) is 4.68 Å². The van der Waals surface area contributed by atoms with Gasteiger partial charge in [0.1, 0.15) is 16.1 Å². The molecule has 1 saturated heterocycles. The summed E-state index contributed by atoms with van der Waals surface area (Å²) in [5.41, 5.74) is 0.640. The van der Waals surface area contributed by atoms with Crippen molar-refractivity contribution in [3.8, 4) is 0 Å². The van der Waals surface area contributed by atoms with Gasteiger partial charge < -0.3 is 14.1 Å². The second kappa shape index (κ2) is 12.2. The molecule has 7 nitrogen and oxygen atoms in total. The van der Waals surface area contributed by atoms with Gasteiger partial charge in [-0.2, -0.15) is 5.10 Å². The molecule has 0 aliphatic carbocycles. The van der Waals surface area contributed by atoms with Crippen molar-refractivity contribution in [2.75, 3.05) is 19.4 Å². The summed E-state index contributed by atoms with van der Waals surface area (Å²) in [6.07, 6.45) is 5.62. The van der Waals surface area contributed by atoms with Gasteiger partial charge >= 0.3 is 6.09 Å². The van der Waals surface area contributed by atoms with Gasteiger partial charge in [0.25, 0.3) is 0 Å². The largest absolute Gasteiger partial charge is 0.444 e. The van der Waals surface area contributed by atoms with E-state index in [2.05, 4.69) is 77.4 Å². The zero-order valence-electron chi connectivity index (χ0n) is 25.4. The van der Waals surface area contributed by atoms with Gasteiger partial charge in [0.15, 0.2) is 14.1 Å². The highest BCUT2D eigenvalue weighted by Crippen LogP contribution is 2.40. The van der Waals surface area contributed by atoms with Crippen LogP contribution in [0.3, 0.4) is 0 Å². The van der Waals surface area contributed by atoms with Crippen LogP contribution in [0, 0.1) is 9.39 Å². The number of halogens is 3. The number of amides is 1. The molecule has 1 aromatic carbocycles. The molecule has 0 spiro atoms. The molecular formula is C29H41BrFIN4O3SSi. The number of pyridine rings is 1. The number of piperidine rings is 1. The molecule has 0 N–H and O–H groups in total. The predicted octanol–water partition coefficient (Wildman–Crippen LogP) is 9.17. The molecule has 4 rings (SSSR count). The van der Waals surface area contributed by atoms with Crippen LogP contribution in [0.4, 0.5) is 9.18 Å². The number of hydrogen-bond acceptors (Lipinski definition) is 6. The summed E-state index contributed by atoms with van der Waals surface area (Å²) in [6.45, 7) is 18.0. The Morgan fingerprint density at radius 2 is 1.93 bits per heavy atom. The number of likely N-dealkylation sites (tertiary alicyclic amines) is 1. The summed E-state index contributed by atoms with van der Waals surface area (Å²) in [7, 11) is -1.94. The lowest BCUT2D eigenvalue weighted by Gasteiger charge is -2.41. The zero-order chi connectivity index (χ0) is 30.5. The summed E-state index contributed by atoms with van der Waals surface area (Å²) in [4.78, 5) is 19.8. The number of thioether (sulfide) groups is 1. The summed E-state index contributed by atoms with van der Waals surface area (Å²) >= 11 is 7.02. The van der Waals surface area contributed by atoms with E-state index in [0.717, 1.165) is 24.9 Å². The summed E-state index contributed by atoms with van der Waals surface area (Å²) < 4.78 is 31.0. The maximum Gasteiger partial charge on any atom is 0.410 e. The molecule has 1 fully saturated rings. The fourth-order valence-electron chi connectivity index (χ4n) is 5.01. The lowest BCUT2D eigenvalue weighted by Crippen LogP contribution is -2.49. The van der Waals surface area contributed by atoms with E-state index in [0.29, 0.717) is 42.4 Å². The van der Waals surface area contributed by atoms with Crippen molar-refractivity contribution in [1.29, 1.82) is 0 Å². The van der Waals surface area contributed by atoms with E-state index in [1.807, 2.05) is 48.9 Å². The number of carbonyl (C=O) groups is 1. The van der Waals surface area contributed by atoms with Crippen molar-refractivity contribution < 1.29 is 18.3 Å². The third kappa shape index (κ3) is 6.91. The fourth-order valence-corrected chi connectivity index (χ4v) is 7.47. The van der Waals surface area contributed by atoms with E-state index in [-0.39, 0.29) is 29.0 Å². The maximum absolute atomic E-state index is 15.4. The second-order valence-corrected chi connectivity index (χ2v) is 20.8. The Labute approximate surface area is 270 Å². The highest BCUT2D eigenvalue weighted by Gasteiger charge is 2.39. The van der Waals surface area contributed by atoms with Crippen LogP contribution in [0.2, 0.25) is 18.1 Å². The van der Waals surface area contributed by atoms with Crippen molar-refractivity contribution in [3.63, 3.8) is 0 Å². The number of aromatic nitrogens is 3. The van der Waals surface area contributed by atoms with E-state index >= 15 is 4.39 Å². The van der Waals surface area contributed by atoms with Gasteiger partial charge in [0.2, 0.25) is 0 Å². The van der Waals surface area contributed by atoms with Crippen LogP contribution < -0.4 is 0 Å². The number of ether oxygens (including phenoxy) is 1. The van der Waals surface area contributed by atoms with E-state index in [4.69, 9.17) is 14.3 Å². The highest BCUT2D eigenvalue weighted by molar-refractivity contribution is 14.1. The number of hydrogen-bond donors (Lipinski definition) is 0. The topological polar surface area (TPSA) is 69.5 Å². The van der Waals surface area contributed by atoms with Crippen LogP contribution in [0.25, 0.3) is 21.8 Å². The SMILES string of the molecule is CSc1nc2c(F)c(Br)c(I)cc2c2c1cnn2[C@H]1CCN(C(=O)OC(C)(C)C)[C@H](CCO[Si](C)(C)C(C)(C)C)C1. The highest BCUT2D eigenvalue weighted by atomic mass is 127. The molecule has 2 aromatic heterocycles. The number of rotatable bonds is 6. The quantitative estimate of drug-likeness (QED) is 0.108. The summed E-state index contributed by atoms with van der Waals surface area (Å²) in [5, 5.41) is 7.35. The molecule has 0 saturated carbocycles. The van der Waals surface area contributed by atoms with Crippen molar-refractivity contribution in [1.82, 2.24) is 19.7 Å². The van der Waals surface area contributed by atoms with Crippen LogP contribution in [-0.2, 0) is 9.16 Å². The first-order valence-corrected chi connectivity index (χ1v) is 20.0. The first kappa shape index (κ1) is 32.9. The molecule has 1 aliphatic heterocycles. The molecule has 2 atom stereocenters. The third-order valence-corrected chi connectivity index (χ3v) is 15.8. The Morgan fingerprint density at radius 1 is 1.24 bits per heavy atom. The molecule has 226 valence electrons. The van der Waals surface area contributed by atoms with Crippen molar-refractivity contribution in [3.05, 3.63) is 26.1 Å². The Balaban J connectivity index is 1.71. The van der Waals surface area contributed by atoms with Gasteiger partial charge in [-0.05, 0) is 109 Å². The minimum absolute atomic E-state index is 0.0220. The second-order valence-electron chi connectivity index (χ2n) is 13.3. The van der Waals surface area contributed by atoms with Gasteiger partial charge in [-0.25, -0.2) is 14.2 Å². The minimum atomic E-state index is -1.94. The lowest BCUT2D eigenvalue weighted by molar-refractivity contribution is 0.00199. The molecule has 3 aromatic rings. The molecule has 41 heavy (non-hydrogen) atoms. The number of fused-ring (bicyclic) bond motifs is 3. The lowest BCUT2D eigenvalue weighted by atomic mass is 9.95. The fraction of sp³-hybridized carbons (Fsp3) is 0.621. The van der Waals surface area contributed by atoms with Crippen LogP contribution >= 0.6 is 50.3 Å². The zero-order valence-corrected chi connectivity index (χ0v) is 31.0. The van der Waals surface area contributed by atoms with Crippen molar-refractivity contribution in [2.45, 2.75) is 102 Å². The van der Waals surface area contributed by atoms with Crippen LogP contribution in [0.5, 0.6) is 0 Å². The maximum atomic E-state index is 15.4. The first-order chi connectivity index (χ1) is 18.9. The Bertz CT molecular complexity index is 1460. The molecule has 0 unspecified atom stereocenters. The standard InChI is InChI=1S/C29H41BrFIN4O3SSi/c1-28(2,3)39-27(37)35-12-10-18(14-17(35)11-13-38-41(8,9)29(4,5)6)36-25-19-15-21(32)22(30)23(31)24(19)34-26(40-7)20(25)16-33-36/h15-18H,10-14H2,1-9H3/t17-,18+/m1/s1. The van der Waals surface area contributed by atoms with E-state index < -0.39 is 13.9 Å². The average Bonchev–Trinajstić information content (AvgIpc) is 3.31. The van der Waals surface area contributed by atoms with E-state index in [9.17, 15) is 4.79 Å². The molecular weight excluding hydrogens is 738 g/mol. The Hall–Kier alpha value is -0.963. The van der Waals surface area contributed by atoms with Gasteiger partial charge in [-0.15, -0.1) is 11.8 Å². The van der Waals surface area contributed by atoms with Crippen molar-refractivity contribution in [2.24, 2.45) is 0 Å². The summed E-state index contributed by atoms with van der Waals surface area (Å²) in [6, 6.07) is 1.92. The average molecular weight is 780 g/mol. The van der Waals surface area contributed by atoms with Gasteiger partial charge in [0.05, 0.1) is 27.6 Å². The van der Waals surface area contributed by atoms with E-state index in [1.165, 1.54) is 11.8 Å². The van der Waals surface area contributed by atoms with E-state index in [1.54, 1.807) is 0 Å². The first-order valence-electron chi connectivity index (χ1n) is 14.0. The normalized spacial score (nSPS) is 18.9.